The molecule has 1 amide bonds. The quantitative estimate of drug-likeness (QED) is 0.275. The molecular weight excluding hydrogens is 458 g/mol. The molecular formula is C20H20ClN5O5S. The Morgan fingerprint density at radius 1 is 1.22 bits per heavy atom. The number of aromatic nitrogens is 3. The van der Waals surface area contributed by atoms with Gasteiger partial charge in [-0.1, -0.05) is 23.4 Å². The summed E-state index contributed by atoms with van der Waals surface area (Å²) in [6.45, 7) is 2.47. The molecule has 0 spiro atoms. The molecule has 1 heterocycles. The molecule has 0 saturated heterocycles. The third-order valence-electron chi connectivity index (χ3n) is 4.44. The molecule has 0 aliphatic heterocycles. The summed E-state index contributed by atoms with van der Waals surface area (Å²) in [6.07, 6.45) is 0. The fourth-order valence-corrected chi connectivity index (χ4v) is 3.92. The Balaban J connectivity index is 1.77. The largest absolute Gasteiger partial charge is 0.496 e. The van der Waals surface area contributed by atoms with Crippen LogP contribution in [0.5, 0.6) is 11.5 Å². The lowest BCUT2D eigenvalue weighted by atomic mass is 10.2. The summed E-state index contributed by atoms with van der Waals surface area (Å²) in [4.78, 5) is 23.2. The number of hydrogen-bond donors (Lipinski definition) is 1. The normalized spacial score (nSPS) is 10.6. The molecule has 32 heavy (non-hydrogen) atoms. The summed E-state index contributed by atoms with van der Waals surface area (Å²) in [5.41, 5.74) is 0.511. The number of nitrogens with one attached hydrogen (secondary N) is 1. The zero-order valence-electron chi connectivity index (χ0n) is 17.5. The summed E-state index contributed by atoms with van der Waals surface area (Å²) in [7, 11) is 2.96. The van der Waals surface area contributed by atoms with E-state index in [2.05, 4.69) is 15.5 Å². The van der Waals surface area contributed by atoms with Crippen LogP contribution in [0.15, 0.2) is 41.6 Å². The third-order valence-corrected chi connectivity index (χ3v) is 5.65. The van der Waals surface area contributed by atoms with Crippen molar-refractivity contribution in [1.82, 2.24) is 14.8 Å². The molecule has 0 aliphatic carbocycles. The predicted octanol–water partition coefficient (Wildman–Crippen LogP) is 4.27. The standard InChI is InChI=1S/C20H20ClN5O5S/c1-4-25-19(14-9-12(21)5-8-17(14)31-3)23-24-20(25)32-11-18(27)22-15-7-6-13(30-2)10-16(15)26(28)29/h5-10H,4,11H2,1-3H3,(H,22,27). The molecule has 0 radical (unpaired) electrons. The maximum Gasteiger partial charge on any atom is 0.296 e. The van der Waals surface area contributed by atoms with Gasteiger partial charge in [-0.2, -0.15) is 0 Å². The van der Waals surface area contributed by atoms with Crippen molar-refractivity contribution in [3.63, 3.8) is 0 Å². The minimum atomic E-state index is -0.580. The summed E-state index contributed by atoms with van der Waals surface area (Å²) >= 11 is 7.30. The van der Waals surface area contributed by atoms with Crippen molar-refractivity contribution >= 4 is 40.6 Å². The Labute approximate surface area is 193 Å². The molecule has 168 valence electrons. The number of methoxy groups -OCH3 is 2. The van der Waals surface area contributed by atoms with Crippen LogP contribution in [-0.2, 0) is 11.3 Å². The van der Waals surface area contributed by atoms with E-state index in [1.54, 1.807) is 25.3 Å². The second-order valence-electron chi connectivity index (χ2n) is 6.37. The maximum atomic E-state index is 12.5. The van der Waals surface area contributed by atoms with E-state index in [-0.39, 0.29) is 17.1 Å². The van der Waals surface area contributed by atoms with Gasteiger partial charge in [0, 0.05) is 11.6 Å². The molecule has 0 atom stereocenters. The first-order valence-corrected chi connectivity index (χ1v) is 10.8. The average Bonchev–Trinajstić information content (AvgIpc) is 3.20. The minimum absolute atomic E-state index is 0.0198. The molecule has 0 bridgehead atoms. The predicted molar refractivity (Wildman–Crippen MR) is 122 cm³/mol. The van der Waals surface area contributed by atoms with Crippen LogP contribution >= 0.6 is 23.4 Å². The summed E-state index contributed by atoms with van der Waals surface area (Å²) in [5, 5.41) is 23.3. The fourth-order valence-electron chi connectivity index (χ4n) is 2.95. The number of halogens is 1. The smallest absolute Gasteiger partial charge is 0.296 e. The van der Waals surface area contributed by atoms with Crippen LogP contribution in [0.1, 0.15) is 6.92 Å². The van der Waals surface area contributed by atoms with E-state index in [9.17, 15) is 14.9 Å². The number of anilines is 1. The molecule has 3 aromatic rings. The van der Waals surface area contributed by atoms with E-state index in [1.165, 1.54) is 25.3 Å². The second-order valence-corrected chi connectivity index (χ2v) is 7.75. The van der Waals surface area contributed by atoms with Gasteiger partial charge in [-0.25, -0.2) is 0 Å². The van der Waals surface area contributed by atoms with Crippen LogP contribution in [0.4, 0.5) is 11.4 Å². The van der Waals surface area contributed by atoms with E-state index in [0.29, 0.717) is 39.6 Å². The highest BCUT2D eigenvalue weighted by Gasteiger charge is 2.20. The fraction of sp³-hybridized carbons (Fsp3) is 0.250. The van der Waals surface area contributed by atoms with E-state index < -0.39 is 10.8 Å². The first-order chi connectivity index (χ1) is 15.4. The summed E-state index contributed by atoms with van der Waals surface area (Å²) in [5.74, 6) is 1.03. The van der Waals surface area contributed by atoms with Crippen molar-refractivity contribution in [3.05, 3.63) is 51.5 Å². The number of carbonyl (C=O) groups excluding carboxylic acids is 1. The number of rotatable bonds is 9. The summed E-state index contributed by atoms with van der Waals surface area (Å²) in [6, 6.07) is 9.41. The highest BCUT2D eigenvalue weighted by molar-refractivity contribution is 7.99. The van der Waals surface area contributed by atoms with E-state index in [0.717, 1.165) is 11.8 Å². The van der Waals surface area contributed by atoms with E-state index in [1.807, 2.05) is 11.5 Å². The number of thioether (sulfide) groups is 1. The van der Waals surface area contributed by atoms with Gasteiger partial charge >= 0.3 is 0 Å². The first kappa shape index (κ1) is 23.4. The molecule has 0 fully saturated rings. The van der Waals surface area contributed by atoms with Crippen molar-refractivity contribution in [2.24, 2.45) is 0 Å². The molecule has 3 rings (SSSR count). The van der Waals surface area contributed by atoms with Gasteiger partial charge in [0.05, 0.1) is 36.5 Å². The number of amides is 1. The molecule has 1 aromatic heterocycles. The number of hydrogen-bond acceptors (Lipinski definition) is 8. The Morgan fingerprint density at radius 2 is 2.00 bits per heavy atom. The zero-order chi connectivity index (χ0) is 23.3. The molecule has 12 heteroatoms. The van der Waals surface area contributed by atoms with Crippen LogP contribution in [0.25, 0.3) is 11.4 Å². The Morgan fingerprint density at radius 3 is 2.66 bits per heavy atom. The minimum Gasteiger partial charge on any atom is -0.496 e. The Bertz CT molecular complexity index is 1150. The lowest BCUT2D eigenvalue weighted by Crippen LogP contribution is -2.15. The average molecular weight is 478 g/mol. The summed E-state index contributed by atoms with van der Waals surface area (Å²) < 4.78 is 12.2. The lowest BCUT2D eigenvalue weighted by molar-refractivity contribution is -0.384. The van der Waals surface area contributed by atoms with Gasteiger partial charge in [0.15, 0.2) is 11.0 Å². The van der Waals surface area contributed by atoms with Crippen LogP contribution in [0.2, 0.25) is 5.02 Å². The topological polar surface area (TPSA) is 121 Å². The molecule has 0 unspecified atom stereocenters. The van der Waals surface area contributed by atoms with Gasteiger partial charge in [-0.15, -0.1) is 10.2 Å². The molecule has 10 nitrogen and oxygen atoms in total. The monoisotopic (exact) mass is 477 g/mol. The third kappa shape index (κ3) is 5.11. The van der Waals surface area contributed by atoms with Crippen LogP contribution in [0.3, 0.4) is 0 Å². The number of nitro benzene ring substituents is 1. The van der Waals surface area contributed by atoms with Gasteiger partial charge in [0.25, 0.3) is 5.69 Å². The SMILES string of the molecule is CCn1c(SCC(=O)Nc2ccc(OC)cc2[N+](=O)[O-])nnc1-c1cc(Cl)ccc1OC. The van der Waals surface area contributed by atoms with Crippen LogP contribution < -0.4 is 14.8 Å². The van der Waals surface area contributed by atoms with Crippen LogP contribution in [0, 0.1) is 10.1 Å². The maximum absolute atomic E-state index is 12.5. The van der Waals surface area contributed by atoms with Crippen molar-refractivity contribution in [3.8, 4) is 22.9 Å². The Kier molecular flexibility index (Phi) is 7.54. The molecule has 0 saturated carbocycles. The first-order valence-electron chi connectivity index (χ1n) is 9.40. The van der Waals surface area contributed by atoms with Gasteiger partial charge in [-0.05, 0) is 37.3 Å². The van der Waals surface area contributed by atoms with Gasteiger partial charge in [0.1, 0.15) is 17.2 Å². The number of nitrogens with zero attached hydrogens (tertiary/aromatic N) is 4. The lowest BCUT2D eigenvalue weighted by Gasteiger charge is -2.11. The van der Waals surface area contributed by atoms with Gasteiger partial charge < -0.3 is 19.4 Å². The van der Waals surface area contributed by atoms with Gasteiger partial charge in [-0.3, -0.25) is 14.9 Å². The highest BCUT2D eigenvalue weighted by Crippen LogP contribution is 2.33. The van der Waals surface area contributed by atoms with Crippen molar-refractivity contribution in [2.75, 3.05) is 25.3 Å². The van der Waals surface area contributed by atoms with Crippen molar-refractivity contribution < 1.29 is 19.2 Å². The second kappa shape index (κ2) is 10.3. The van der Waals surface area contributed by atoms with Gasteiger partial charge in [0.2, 0.25) is 5.91 Å². The number of carbonyl (C=O) groups is 1. The molecule has 2 aromatic carbocycles. The van der Waals surface area contributed by atoms with Crippen molar-refractivity contribution in [2.45, 2.75) is 18.6 Å². The zero-order valence-corrected chi connectivity index (χ0v) is 19.1. The van der Waals surface area contributed by atoms with Crippen LogP contribution in [-0.4, -0.2) is 45.6 Å². The van der Waals surface area contributed by atoms with E-state index in [4.69, 9.17) is 21.1 Å². The number of nitro groups is 1. The Hall–Kier alpha value is -3.31. The number of benzene rings is 2. The molecule has 0 aliphatic rings. The highest BCUT2D eigenvalue weighted by atomic mass is 35.5. The van der Waals surface area contributed by atoms with E-state index >= 15 is 0 Å². The number of ether oxygens (including phenoxy) is 2. The van der Waals surface area contributed by atoms with Crippen molar-refractivity contribution in [1.29, 1.82) is 0 Å². The molecule has 1 N–H and O–H groups in total.